The molecule has 0 radical (unpaired) electrons. The number of hydrogen-bond acceptors (Lipinski definition) is 7. The van der Waals surface area contributed by atoms with Gasteiger partial charge in [0.15, 0.2) is 10.7 Å². The van der Waals surface area contributed by atoms with E-state index in [0.717, 1.165) is 29.2 Å². The average molecular weight is 494 g/mol. The second-order valence-electron chi connectivity index (χ2n) is 7.25. The van der Waals surface area contributed by atoms with Gasteiger partial charge in [-0.15, -0.1) is 0 Å². The zero-order valence-corrected chi connectivity index (χ0v) is 19.6. The van der Waals surface area contributed by atoms with Crippen molar-refractivity contribution < 1.29 is 9.21 Å². The van der Waals surface area contributed by atoms with E-state index in [-0.39, 0.29) is 11.0 Å². The van der Waals surface area contributed by atoms with Crippen LogP contribution in [0.2, 0.25) is 5.02 Å². The number of aryl methyl sites for hydroxylation is 1. The summed E-state index contributed by atoms with van der Waals surface area (Å²) in [6.07, 6.45) is 0.913. The molecule has 0 aliphatic rings. The fourth-order valence-electron chi connectivity index (χ4n) is 3.34. The van der Waals surface area contributed by atoms with Crippen LogP contribution >= 0.6 is 35.5 Å². The van der Waals surface area contributed by atoms with Gasteiger partial charge in [-0.1, -0.05) is 24.6 Å². The molecule has 5 rings (SSSR count). The maximum atomic E-state index is 12.6. The van der Waals surface area contributed by atoms with Gasteiger partial charge in [0.1, 0.15) is 16.6 Å². The van der Waals surface area contributed by atoms with Crippen molar-refractivity contribution in [1.82, 2.24) is 19.0 Å². The Morgan fingerprint density at radius 3 is 2.76 bits per heavy atom. The van der Waals surface area contributed by atoms with Gasteiger partial charge in [-0.05, 0) is 72.7 Å². The van der Waals surface area contributed by atoms with E-state index < -0.39 is 0 Å². The van der Waals surface area contributed by atoms with E-state index in [0.29, 0.717) is 38.8 Å². The van der Waals surface area contributed by atoms with Gasteiger partial charge in [-0.25, -0.2) is 4.98 Å². The summed E-state index contributed by atoms with van der Waals surface area (Å²) in [5, 5.41) is 6.32. The summed E-state index contributed by atoms with van der Waals surface area (Å²) in [6, 6.07) is 16.3. The van der Waals surface area contributed by atoms with Gasteiger partial charge in [0.25, 0.3) is 5.91 Å². The third-order valence-corrected chi connectivity index (χ3v) is 6.15. The Bertz CT molecular complexity index is 1530. The molecule has 5 aromatic rings. The number of thiocarbonyl (C=S) groups is 1. The molecule has 164 valence electrons. The number of benzene rings is 3. The Kier molecular flexibility index (Phi) is 5.76. The summed E-state index contributed by atoms with van der Waals surface area (Å²) < 4.78 is 14.2. The molecule has 0 spiro atoms. The fourth-order valence-corrected chi connectivity index (χ4v) is 4.26. The molecule has 0 aliphatic carbocycles. The second-order valence-corrected chi connectivity index (χ2v) is 8.59. The number of nitrogens with zero attached hydrogens (tertiary/aromatic N) is 3. The molecule has 10 heteroatoms. The lowest BCUT2D eigenvalue weighted by Gasteiger charge is -2.11. The van der Waals surface area contributed by atoms with E-state index in [9.17, 15) is 4.79 Å². The van der Waals surface area contributed by atoms with Crippen LogP contribution in [0.25, 0.3) is 33.6 Å². The number of fused-ring (bicyclic) bond motifs is 2. The predicted molar refractivity (Wildman–Crippen MR) is 135 cm³/mol. The molecule has 7 nitrogen and oxygen atoms in total. The van der Waals surface area contributed by atoms with Crippen LogP contribution in [0.15, 0.2) is 59.0 Å². The Labute approximate surface area is 203 Å². The molecule has 1 amide bonds. The quantitative estimate of drug-likeness (QED) is 0.304. The Balaban J connectivity index is 1.34. The zero-order valence-electron chi connectivity index (χ0n) is 17.3. The van der Waals surface area contributed by atoms with Crippen LogP contribution in [-0.2, 0) is 6.42 Å². The van der Waals surface area contributed by atoms with Crippen molar-refractivity contribution in [2.24, 2.45) is 0 Å². The monoisotopic (exact) mass is 493 g/mol. The van der Waals surface area contributed by atoms with E-state index in [2.05, 4.69) is 31.3 Å². The smallest absolute Gasteiger partial charge is 0.257 e. The highest BCUT2D eigenvalue weighted by Gasteiger charge is 2.15. The number of rotatable bonds is 4. The summed E-state index contributed by atoms with van der Waals surface area (Å²) in [5.41, 5.74) is 5.74. The van der Waals surface area contributed by atoms with E-state index >= 15 is 0 Å². The molecule has 0 saturated heterocycles. The molecule has 0 saturated carbocycles. The van der Waals surface area contributed by atoms with Crippen LogP contribution in [0, 0.1) is 0 Å². The molecule has 2 N–H and O–H groups in total. The van der Waals surface area contributed by atoms with E-state index in [4.69, 9.17) is 28.2 Å². The molecule has 0 atom stereocenters. The second kappa shape index (κ2) is 8.86. The highest BCUT2D eigenvalue weighted by atomic mass is 35.5. The molecule has 33 heavy (non-hydrogen) atoms. The third kappa shape index (κ3) is 4.43. The Morgan fingerprint density at radius 1 is 1.06 bits per heavy atom. The number of halogens is 1. The first-order chi connectivity index (χ1) is 16.0. The number of carbonyl (C=O) groups excluding carboxylic acids is 1. The topological polar surface area (TPSA) is 92.9 Å². The van der Waals surface area contributed by atoms with Crippen molar-refractivity contribution in [3.63, 3.8) is 0 Å². The molecule has 0 unspecified atom stereocenters. The maximum Gasteiger partial charge on any atom is 0.257 e. The summed E-state index contributed by atoms with van der Waals surface area (Å²) in [6.45, 7) is 2.09. The number of carbonyl (C=O) groups is 1. The Morgan fingerprint density at radius 2 is 1.91 bits per heavy atom. The lowest BCUT2D eigenvalue weighted by molar-refractivity contribution is 0.0978. The molecule has 0 aliphatic heterocycles. The summed E-state index contributed by atoms with van der Waals surface area (Å²) >= 11 is 12.8. The highest BCUT2D eigenvalue weighted by molar-refractivity contribution is 7.80. The fraction of sp³-hybridized carbons (Fsp3) is 0.0870. The van der Waals surface area contributed by atoms with Crippen molar-refractivity contribution in [3.8, 4) is 11.5 Å². The average Bonchev–Trinajstić information content (AvgIpc) is 3.45. The first-order valence-corrected chi connectivity index (χ1v) is 11.6. The first kappa shape index (κ1) is 21.4. The largest absolute Gasteiger partial charge is 0.436 e. The van der Waals surface area contributed by atoms with Crippen molar-refractivity contribution in [3.05, 3.63) is 70.7 Å². The van der Waals surface area contributed by atoms with Gasteiger partial charge in [0.05, 0.1) is 22.3 Å². The minimum absolute atomic E-state index is 0.148. The maximum absolute atomic E-state index is 12.6. The van der Waals surface area contributed by atoms with E-state index in [1.54, 1.807) is 36.4 Å². The number of nitrogens with one attached hydrogen (secondary N) is 2. The van der Waals surface area contributed by atoms with Crippen LogP contribution in [0.5, 0.6) is 0 Å². The molecule has 0 fully saturated rings. The van der Waals surface area contributed by atoms with Gasteiger partial charge in [0, 0.05) is 11.3 Å². The van der Waals surface area contributed by atoms with Gasteiger partial charge in [-0.2, -0.15) is 8.75 Å². The summed E-state index contributed by atoms with van der Waals surface area (Å²) in [5.74, 6) is 0.0642. The summed E-state index contributed by atoms with van der Waals surface area (Å²) in [4.78, 5) is 17.2. The standard InChI is InChI=1S/C23H16ClN5O2S2/c1-2-12-3-8-20-19(9-12)26-22(31-20)15-11-14(5-6-16(15)24)25-23(32)27-21(30)13-4-7-17-18(10-13)29-33-28-17/h3-11H,2H2,1H3,(H2,25,27,30,32). The molecule has 2 heterocycles. The minimum atomic E-state index is -0.345. The molecular formula is C23H16ClN5O2S2. The highest BCUT2D eigenvalue weighted by Crippen LogP contribution is 2.32. The number of aromatic nitrogens is 3. The third-order valence-electron chi connectivity index (χ3n) is 5.06. The minimum Gasteiger partial charge on any atom is -0.436 e. The number of amides is 1. The van der Waals surface area contributed by atoms with E-state index in [1.165, 1.54) is 5.56 Å². The van der Waals surface area contributed by atoms with Gasteiger partial charge in [-0.3, -0.25) is 10.1 Å². The molecular weight excluding hydrogens is 478 g/mol. The van der Waals surface area contributed by atoms with Crippen LogP contribution in [-0.4, -0.2) is 24.8 Å². The zero-order chi connectivity index (χ0) is 22.9. The molecule has 3 aromatic carbocycles. The number of anilines is 1. The van der Waals surface area contributed by atoms with Crippen molar-refractivity contribution in [2.75, 3.05) is 5.32 Å². The number of hydrogen-bond donors (Lipinski definition) is 2. The van der Waals surface area contributed by atoms with E-state index in [1.807, 2.05) is 18.2 Å². The first-order valence-electron chi connectivity index (χ1n) is 10.0. The molecule has 2 aromatic heterocycles. The SMILES string of the molecule is CCc1ccc2oc(-c3cc(NC(=S)NC(=O)c4ccc5nsnc5c4)ccc3Cl)nc2c1. The predicted octanol–water partition coefficient (Wildman–Crippen LogP) is 5.84. The van der Waals surface area contributed by atoms with Crippen LogP contribution < -0.4 is 10.6 Å². The van der Waals surface area contributed by atoms with Crippen LogP contribution in [0.4, 0.5) is 5.69 Å². The van der Waals surface area contributed by atoms with Crippen molar-refractivity contribution >= 4 is 74.4 Å². The normalized spacial score (nSPS) is 11.1. The van der Waals surface area contributed by atoms with Gasteiger partial charge < -0.3 is 9.73 Å². The van der Waals surface area contributed by atoms with Crippen LogP contribution in [0.1, 0.15) is 22.8 Å². The lowest BCUT2D eigenvalue weighted by atomic mass is 10.1. The van der Waals surface area contributed by atoms with Gasteiger partial charge >= 0.3 is 0 Å². The number of oxazole rings is 1. The molecule has 0 bridgehead atoms. The van der Waals surface area contributed by atoms with Crippen molar-refractivity contribution in [1.29, 1.82) is 0 Å². The van der Waals surface area contributed by atoms with Crippen molar-refractivity contribution in [2.45, 2.75) is 13.3 Å². The summed E-state index contributed by atoms with van der Waals surface area (Å²) in [7, 11) is 0. The van der Waals surface area contributed by atoms with Gasteiger partial charge in [0.2, 0.25) is 5.89 Å². The lowest BCUT2D eigenvalue weighted by Crippen LogP contribution is -2.34. The van der Waals surface area contributed by atoms with Crippen LogP contribution in [0.3, 0.4) is 0 Å². The Hall–Kier alpha value is -3.40.